The molecular formula is C8H18ClNO4. The third-order valence-corrected chi connectivity index (χ3v) is 1.26. The number of hydrogen-bond acceptors (Lipinski definition) is 4. The van der Waals surface area contributed by atoms with Crippen LogP contribution in [-0.4, -0.2) is 58.5 Å². The molecule has 0 aliphatic heterocycles. The summed E-state index contributed by atoms with van der Waals surface area (Å²) in [6.45, 7) is 1.09. The van der Waals surface area contributed by atoms with Crippen LogP contribution in [0.3, 0.4) is 0 Å². The number of carbonyl (C=O) groups excluding carboxylic acids is 1. The molecule has 0 rings (SSSR count). The smallest absolute Gasteiger partial charge is 0.367 e. The van der Waals surface area contributed by atoms with Crippen molar-refractivity contribution in [1.29, 1.82) is 0 Å². The molecular weight excluding hydrogens is 210 g/mol. The maximum Gasteiger partial charge on any atom is 0.367 e. The van der Waals surface area contributed by atoms with E-state index in [0.29, 0.717) is 6.61 Å². The lowest BCUT2D eigenvalue weighted by atomic mass is 10.5. The van der Waals surface area contributed by atoms with E-state index in [1.807, 2.05) is 21.1 Å². The largest absolute Gasteiger partial charge is 1.00 e. The van der Waals surface area contributed by atoms with Gasteiger partial charge in [0.25, 0.3) is 0 Å². The van der Waals surface area contributed by atoms with Gasteiger partial charge in [0.05, 0.1) is 21.1 Å². The monoisotopic (exact) mass is 227 g/mol. The quantitative estimate of drug-likeness (QED) is 0.208. The van der Waals surface area contributed by atoms with Gasteiger partial charge in [-0.3, -0.25) is 4.89 Å². The van der Waals surface area contributed by atoms with Crippen molar-refractivity contribution in [2.75, 3.05) is 48.0 Å². The van der Waals surface area contributed by atoms with E-state index in [1.165, 1.54) is 7.11 Å². The Kier molecular flexibility index (Phi) is 9.18. The Balaban J connectivity index is 0. The van der Waals surface area contributed by atoms with Gasteiger partial charge in [0, 0.05) is 7.11 Å². The van der Waals surface area contributed by atoms with Gasteiger partial charge >= 0.3 is 5.97 Å². The van der Waals surface area contributed by atoms with Crippen LogP contribution in [0.1, 0.15) is 0 Å². The van der Waals surface area contributed by atoms with E-state index in [-0.39, 0.29) is 19.0 Å². The summed E-state index contributed by atoms with van der Waals surface area (Å²) in [5.74, 6) is -0.510. The minimum Gasteiger partial charge on any atom is -1.00 e. The second-order valence-electron chi connectivity index (χ2n) is 3.72. The predicted octanol–water partition coefficient (Wildman–Crippen LogP) is -3.18. The van der Waals surface area contributed by atoms with Gasteiger partial charge in [-0.15, -0.1) is 0 Å². The lowest BCUT2D eigenvalue weighted by Gasteiger charge is -2.22. The second kappa shape index (κ2) is 7.99. The fourth-order valence-electron chi connectivity index (χ4n) is 0.560. The van der Waals surface area contributed by atoms with Gasteiger partial charge in [-0.1, -0.05) is 0 Å². The van der Waals surface area contributed by atoms with Crippen LogP contribution in [0.25, 0.3) is 0 Å². The molecule has 0 fully saturated rings. The van der Waals surface area contributed by atoms with E-state index in [2.05, 4.69) is 14.5 Å². The second-order valence-corrected chi connectivity index (χ2v) is 3.72. The molecule has 0 heterocycles. The zero-order valence-electron chi connectivity index (χ0n) is 9.08. The SMILES string of the molecule is COCC(=O)OOCC[N+](C)(C)C.[Cl-]. The summed E-state index contributed by atoms with van der Waals surface area (Å²) in [5.41, 5.74) is 0. The van der Waals surface area contributed by atoms with E-state index < -0.39 is 5.97 Å². The molecule has 0 aromatic carbocycles. The molecule has 0 N–H and O–H groups in total. The first-order valence-corrected chi connectivity index (χ1v) is 4.07. The Morgan fingerprint density at radius 1 is 1.29 bits per heavy atom. The number of halogens is 1. The molecule has 0 spiro atoms. The highest BCUT2D eigenvalue weighted by Crippen LogP contribution is 1.90. The molecule has 6 heteroatoms. The molecule has 86 valence electrons. The molecule has 0 bridgehead atoms. The highest BCUT2D eigenvalue weighted by Gasteiger charge is 2.08. The fraction of sp³-hybridized carbons (Fsp3) is 0.875. The van der Waals surface area contributed by atoms with Crippen LogP contribution < -0.4 is 12.4 Å². The third-order valence-electron chi connectivity index (χ3n) is 1.26. The summed E-state index contributed by atoms with van der Waals surface area (Å²) < 4.78 is 5.31. The lowest BCUT2D eigenvalue weighted by molar-refractivity contribution is -0.871. The zero-order chi connectivity index (χ0) is 10.3. The fourth-order valence-corrected chi connectivity index (χ4v) is 0.560. The van der Waals surface area contributed by atoms with Crippen LogP contribution in [-0.2, 0) is 19.3 Å². The van der Waals surface area contributed by atoms with E-state index in [9.17, 15) is 4.79 Å². The number of nitrogens with zero attached hydrogens (tertiary/aromatic N) is 1. The van der Waals surface area contributed by atoms with E-state index in [0.717, 1.165) is 11.0 Å². The topological polar surface area (TPSA) is 44.8 Å². The van der Waals surface area contributed by atoms with Gasteiger partial charge in [0.1, 0.15) is 19.8 Å². The van der Waals surface area contributed by atoms with Gasteiger partial charge in [-0.05, 0) is 0 Å². The zero-order valence-corrected chi connectivity index (χ0v) is 9.84. The van der Waals surface area contributed by atoms with Crippen LogP contribution in [0.4, 0.5) is 0 Å². The van der Waals surface area contributed by atoms with Crippen molar-refractivity contribution >= 4 is 5.97 Å². The first kappa shape index (κ1) is 16.1. The molecule has 0 aliphatic carbocycles. The Hall–Kier alpha value is -0.360. The van der Waals surface area contributed by atoms with Crippen molar-refractivity contribution in [3.05, 3.63) is 0 Å². The number of quaternary nitrogens is 1. The predicted molar refractivity (Wildman–Crippen MR) is 46.8 cm³/mol. The van der Waals surface area contributed by atoms with Gasteiger partial charge in [0.2, 0.25) is 0 Å². The van der Waals surface area contributed by atoms with E-state index in [1.54, 1.807) is 0 Å². The van der Waals surface area contributed by atoms with Crippen molar-refractivity contribution in [3.63, 3.8) is 0 Å². The first-order chi connectivity index (χ1) is 5.95. The minimum atomic E-state index is -0.510. The summed E-state index contributed by atoms with van der Waals surface area (Å²) in [5, 5.41) is 0. The Labute approximate surface area is 90.8 Å². The van der Waals surface area contributed by atoms with E-state index in [4.69, 9.17) is 0 Å². The average Bonchev–Trinajstić information content (AvgIpc) is 1.97. The van der Waals surface area contributed by atoms with Crippen molar-refractivity contribution in [3.8, 4) is 0 Å². The maximum atomic E-state index is 10.7. The molecule has 0 radical (unpaired) electrons. The normalized spacial score (nSPS) is 10.6. The molecule has 5 nitrogen and oxygen atoms in total. The summed E-state index contributed by atoms with van der Waals surface area (Å²) in [6.07, 6.45) is 0. The lowest BCUT2D eigenvalue weighted by Crippen LogP contribution is -3.00. The minimum absolute atomic E-state index is 0. The Morgan fingerprint density at radius 2 is 1.86 bits per heavy atom. The van der Waals surface area contributed by atoms with Crippen LogP contribution in [0.2, 0.25) is 0 Å². The van der Waals surface area contributed by atoms with Crippen molar-refractivity contribution in [2.24, 2.45) is 0 Å². The van der Waals surface area contributed by atoms with Crippen LogP contribution in [0.15, 0.2) is 0 Å². The summed E-state index contributed by atoms with van der Waals surface area (Å²) in [7, 11) is 7.51. The molecule has 0 aliphatic rings. The van der Waals surface area contributed by atoms with Crippen LogP contribution in [0.5, 0.6) is 0 Å². The van der Waals surface area contributed by atoms with Gasteiger partial charge in [-0.25, -0.2) is 4.79 Å². The maximum absolute atomic E-state index is 10.7. The number of rotatable bonds is 6. The molecule has 0 saturated heterocycles. The Morgan fingerprint density at radius 3 is 2.29 bits per heavy atom. The number of carbonyl (C=O) groups is 1. The van der Waals surface area contributed by atoms with Crippen molar-refractivity contribution in [1.82, 2.24) is 0 Å². The Bertz CT molecular complexity index is 158. The van der Waals surface area contributed by atoms with Gasteiger partial charge < -0.3 is 21.6 Å². The van der Waals surface area contributed by atoms with Crippen LogP contribution in [0, 0.1) is 0 Å². The summed E-state index contributed by atoms with van der Waals surface area (Å²) in [6, 6.07) is 0. The standard InChI is InChI=1S/C8H18NO4.ClH/c1-9(2,3)5-6-12-13-8(10)7-11-4;/h5-7H2,1-4H3;1H/q+1;/p-1. The highest BCUT2D eigenvalue weighted by atomic mass is 35.5. The summed E-state index contributed by atoms with van der Waals surface area (Å²) in [4.78, 5) is 19.8. The number of ether oxygens (including phenoxy) is 1. The number of likely N-dealkylation sites (N-methyl/N-ethyl adjacent to an activating group) is 1. The number of methoxy groups -OCH3 is 1. The molecule has 14 heavy (non-hydrogen) atoms. The van der Waals surface area contributed by atoms with Crippen molar-refractivity contribution in [2.45, 2.75) is 0 Å². The third kappa shape index (κ3) is 11.6. The molecule has 0 unspecified atom stereocenters. The highest BCUT2D eigenvalue weighted by molar-refractivity contribution is 5.69. The molecule has 0 saturated carbocycles. The van der Waals surface area contributed by atoms with Crippen molar-refractivity contribution < 1.29 is 36.2 Å². The summed E-state index contributed by atoms with van der Waals surface area (Å²) >= 11 is 0. The average molecular weight is 228 g/mol. The van der Waals surface area contributed by atoms with Gasteiger partial charge in [-0.2, -0.15) is 4.89 Å². The molecule has 0 atom stereocenters. The number of hydrogen-bond donors (Lipinski definition) is 0. The van der Waals surface area contributed by atoms with E-state index >= 15 is 0 Å². The first-order valence-electron chi connectivity index (χ1n) is 4.07. The van der Waals surface area contributed by atoms with Gasteiger partial charge in [0.15, 0.2) is 0 Å². The molecule has 0 aromatic rings. The molecule has 0 amide bonds. The molecule has 0 aromatic heterocycles. The van der Waals surface area contributed by atoms with Crippen LogP contribution >= 0.6 is 0 Å².